The number of aromatic nitrogens is 1. The van der Waals surface area contributed by atoms with Crippen LogP contribution in [0.25, 0.3) is 135 Å². The summed E-state index contributed by atoms with van der Waals surface area (Å²) in [4.78, 5) is 0. The molecule has 14 aromatic rings. The van der Waals surface area contributed by atoms with E-state index in [9.17, 15) is 0 Å². The highest BCUT2D eigenvalue weighted by Crippen LogP contribution is 2.47. The van der Waals surface area contributed by atoms with E-state index in [1.807, 2.05) is 11.3 Å². The van der Waals surface area contributed by atoms with E-state index in [2.05, 4.69) is 193 Å². The summed E-state index contributed by atoms with van der Waals surface area (Å²) in [6.45, 7) is 0. The van der Waals surface area contributed by atoms with Crippen molar-refractivity contribution in [2.24, 2.45) is 0 Å². The van der Waals surface area contributed by atoms with Crippen molar-refractivity contribution in [1.29, 1.82) is 0 Å². The summed E-state index contributed by atoms with van der Waals surface area (Å²) in [6, 6.07) is 69.5. The van der Waals surface area contributed by atoms with Crippen molar-refractivity contribution in [3.63, 3.8) is 0 Å². The van der Waals surface area contributed by atoms with Gasteiger partial charge < -0.3 is 8.98 Å². The van der Waals surface area contributed by atoms with Gasteiger partial charge in [-0.15, -0.1) is 11.3 Å². The third kappa shape index (κ3) is 4.35. The number of fused-ring (bicyclic) bond motifs is 11. The van der Waals surface area contributed by atoms with E-state index in [0.717, 1.165) is 21.9 Å². The maximum Gasteiger partial charge on any atom is 0.135 e. The van der Waals surface area contributed by atoms with Crippen molar-refractivity contribution in [2.75, 3.05) is 0 Å². The largest absolute Gasteiger partial charge is 0.456 e. The molecular weight excluding hydrogens is 735 g/mol. The Kier molecular flexibility index (Phi) is 6.20. The second-order valence-electron chi connectivity index (χ2n) is 16.0. The Morgan fingerprint density at radius 1 is 0.339 bits per heavy atom. The van der Waals surface area contributed by atoms with Gasteiger partial charge in [-0.05, 0) is 121 Å². The van der Waals surface area contributed by atoms with Gasteiger partial charge in [0.2, 0.25) is 0 Å². The van der Waals surface area contributed by atoms with Gasteiger partial charge in [-0.2, -0.15) is 0 Å². The summed E-state index contributed by atoms with van der Waals surface area (Å²) in [6.07, 6.45) is 0. The molecule has 0 aliphatic heterocycles. The van der Waals surface area contributed by atoms with Crippen LogP contribution in [0.3, 0.4) is 0 Å². The third-order valence-corrected chi connectivity index (χ3v) is 14.0. The number of hydrogen-bond acceptors (Lipinski definition) is 2. The lowest BCUT2D eigenvalue weighted by Crippen LogP contribution is -1.97. The fourth-order valence-corrected chi connectivity index (χ4v) is 11.5. The van der Waals surface area contributed by atoms with E-state index in [1.165, 1.54) is 113 Å². The van der Waals surface area contributed by atoms with Gasteiger partial charge in [0.25, 0.3) is 0 Å². The first kappa shape index (κ1) is 31.6. The zero-order valence-electron chi connectivity index (χ0n) is 31.7. The average molecular weight is 766 g/mol. The minimum Gasteiger partial charge on any atom is -0.456 e. The van der Waals surface area contributed by atoms with Crippen LogP contribution in [0.5, 0.6) is 0 Å². The minimum atomic E-state index is 0.901. The van der Waals surface area contributed by atoms with Crippen molar-refractivity contribution in [3.8, 4) is 27.9 Å². The molecule has 0 fully saturated rings. The van der Waals surface area contributed by atoms with Crippen molar-refractivity contribution < 1.29 is 4.42 Å². The number of furan rings is 1. The van der Waals surface area contributed by atoms with E-state index >= 15 is 0 Å². The number of rotatable bonds is 3. The standard InChI is InChI=1S/C56H31NOS/c1-2-12-38-32(9-1)10-7-15-39(38)36-23-26-51-45(29-36)44-28-35(22-25-50(44)58-51)34-21-24-48-43(27-34)40-13-3-5-17-47(40)57(48)49-31-46-55-37(20-19-33-11-8-16-41(49)54(33)55)30-53-56(46)42-14-4-6-18-52(42)59-53/h1-31H. The number of hydrogen-bond donors (Lipinski definition) is 0. The van der Waals surface area contributed by atoms with Gasteiger partial charge in [0.15, 0.2) is 0 Å². The molecule has 3 heterocycles. The van der Waals surface area contributed by atoms with Gasteiger partial charge in [-0.25, -0.2) is 0 Å². The molecule has 3 heteroatoms. The topological polar surface area (TPSA) is 18.1 Å². The van der Waals surface area contributed by atoms with E-state index in [4.69, 9.17) is 4.42 Å². The van der Waals surface area contributed by atoms with Crippen LogP contribution in [0.15, 0.2) is 192 Å². The molecule has 0 saturated carbocycles. The molecule has 0 amide bonds. The Morgan fingerprint density at radius 2 is 0.966 bits per heavy atom. The maximum absolute atomic E-state index is 6.43. The fraction of sp³-hybridized carbons (Fsp3) is 0. The lowest BCUT2D eigenvalue weighted by atomic mass is 9.91. The van der Waals surface area contributed by atoms with Gasteiger partial charge in [0.05, 0.1) is 16.7 Å². The molecule has 0 unspecified atom stereocenters. The van der Waals surface area contributed by atoms with Crippen molar-refractivity contribution in [1.82, 2.24) is 4.57 Å². The van der Waals surface area contributed by atoms with Crippen LogP contribution < -0.4 is 0 Å². The van der Waals surface area contributed by atoms with Crippen LogP contribution in [0.2, 0.25) is 0 Å². The molecule has 2 nitrogen and oxygen atoms in total. The van der Waals surface area contributed by atoms with Crippen molar-refractivity contribution >= 4 is 118 Å². The molecule has 0 saturated heterocycles. The van der Waals surface area contributed by atoms with Gasteiger partial charge in [0, 0.05) is 47.1 Å². The highest BCUT2D eigenvalue weighted by molar-refractivity contribution is 7.26. The van der Waals surface area contributed by atoms with E-state index < -0.39 is 0 Å². The molecule has 14 rings (SSSR count). The minimum absolute atomic E-state index is 0.901. The molecule has 0 radical (unpaired) electrons. The van der Waals surface area contributed by atoms with Gasteiger partial charge in [-0.1, -0.05) is 127 Å². The Labute approximate surface area is 341 Å². The molecule has 272 valence electrons. The van der Waals surface area contributed by atoms with E-state index in [0.29, 0.717) is 0 Å². The normalized spacial score (nSPS) is 12.4. The highest BCUT2D eigenvalue weighted by Gasteiger charge is 2.21. The molecule has 0 aliphatic carbocycles. The first-order valence-electron chi connectivity index (χ1n) is 20.2. The Morgan fingerprint density at radius 3 is 1.86 bits per heavy atom. The highest BCUT2D eigenvalue weighted by atomic mass is 32.1. The maximum atomic E-state index is 6.43. The lowest BCUT2D eigenvalue weighted by Gasteiger charge is -2.18. The lowest BCUT2D eigenvalue weighted by molar-refractivity contribution is 0.669. The summed E-state index contributed by atoms with van der Waals surface area (Å²) in [5.41, 5.74) is 10.2. The van der Waals surface area contributed by atoms with E-state index in [-0.39, 0.29) is 0 Å². The van der Waals surface area contributed by atoms with E-state index in [1.54, 1.807) is 0 Å². The molecule has 0 N–H and O–H groups in total. The summed E-state index contributed by atoms with van der Waals surface area (Å²) >= 11 is 1.89. The first-order chi connectivity index (χ1) is 29.2. The first-order valence-corrected chi connectivity index (χ1v) is 21.1. The molecule has 3 aromatic heterocycles. The van der Waals surface area contributed by atoms with Crippen LogP contribution in [0.4, 0.5) is 0 Å². The molecule has 0 atom stereocenters. The molecule has 0 spiro atoms. The summed E-state index contributed by atoms with van der Waals surface area (Å²) in [7, 11) is 0. The summed E-state index contributed by atoms with van der Waals surface area (Å²) < 4.78 is 11.6. The summed E-state index contributed by atoms with van der Waals surface area (Å²) in [5, 5.41) is 17.8. The fourth-order valence-electron chi connectivity index (χ4n) is 10.3. The second-order valence-corrected chi connectivity index (χ2v) is 17.1. The summed E-state index contributed by atoms with van der Waals surface area (Å²) in [5.74, 6) is 0. The number of thiophene rings is 1. The van der Waals surface area contributed by atoms with Crippen LogP contribution in [0, 0.1) is 0 Å². The van der Waals surface area contributed by atoms with Gasteiger partial charge in [0.1, 0.15) is 11.2 Å². The zero-order chi connectivity index (χ0) is 38.3. The van der Waals surface area contributed by atoms with Crippen LogP contribution in [-0.4, -0.2) is 4.57 Å². The van der Waals surface area contributed by atoms with Gasteiger partial charge in [-0.3, -0.25) is 0 Å². The molecule has 59 heavy (non-hydrogen) atoms. The molecule has 11 aromatic carbocycles. The predicted molar refractivity (Wildman–Crippen MR) is 253 cm³/mol. The quantitative estimate of drug-likeness (QED) is 0.164. The second kappa shape index (κ2) is 11.6. The monoisotopic (exact) mass is 765 g/mol. The number of para-hydroxylation sites is 1. The van der Waals surface area contributed by atoms with Crippen molar-refractivity contribution in [2.45, 2.75) is 0 Å². The Hall–Kier alpha value is -7.46. The predicted octanol–water partition coefficient (Wildman–Crippen LogP) is 16.4. The third-order valence-electron chi connectivity index (χ3n) is 12.9. The van der Waals surface area contributed by atoms with Crippen LogP contribution in [0.1, 0.15) is 0 Å². The molecule has 0 bridgehead atoms. The van der Waals surface area contributed by atoms with Crippen LogP contribution in [-0.2, 0) is 0 Å². The molecule has 0 aliphatic rings. The zero-order valence-corrected chi connectivity index (χ0v) is 32.5. The average Bonchev–Trinajstić information content (AvgIpc) is 3.96. The van der Waals surface area contributed by atoms with Crippen LogP contribution >= 0.6 is 11.3 Å². The number of benzene rings is 11. The Balaban J connectivity index is 0.993. The van der Waals surface area contributed by atoms with Crippen molar-refractivity contribution in [3.05, 3.63) is 188 Å². The SMILES string of the molecule is c1ccc2c(-c3ccc4oc5ccc(-c6ccc7c(c6)c6ccccc6n7-c6cc7c8c(cc9ccc%10cccc6c%10c97)sc6ccccc68)cc5c4c3)cccc2c1. The Bertz CT molecular complexity index is 4080. The number of nitrogens with zero attached hydrogens (tertiary/aromatic N) is 1. The molecular formula is C56H31NOS. The smallest absolute Gasteiger partial charge is 0.135 e. The van der Waals surface area contributed by atoms with Gasteiger partial charge >= 0.3 is 0 Å².